The van der Waals surface area contributed by atoms with Crippen LogP contribution in [0.4, 0.5) is 0 Å². The summed E-state index contributed by atoms with van der Waals surface area (Å²) >= 11 is 0. The van der Waals surface area contributed by atoms with Crippen molar-refractivity contribution in [2.45, 2.75) is 45.1 Å². The molecular weight excluding hydrogens is 250 g/mol. The quantitative estimate of drug-likeness (QED) is 0.825. The first-order valence-electron chi connectivity index (χ1n) is 7.86. The molecule has 0 saturated heterocycles. The van der Waals surface area contributed by atoms with E-state index in [1.165, 1.54) is 32.1 Å². The molecule has 1 aliphatic rings. The average Bonchev–Trinajstić information content (AvgIpc) is 2.50. The Labute approximate surface area is 122 Å². The molecule has 0 heterocycles. The number of hydrogen-bond donors (Lipinski definition) is 1. The number of nitrogens with one attached hydrogen (secondary N) is 1. The summed E-state index contributed by atoms with van der Waals surface area (Å²) in [5.41, 5.74) is 0. The minimum atomic E-state index is 0.450. The maximum Gasteiger partial charge on any atom is 0.123 e. The third-order valence-electron chi connectivity index (χ3n) is 4.14. The molecule has 2 rings (SSSR count). The largest absolute Gasteiger partial charge is 0.494 e. The van der Waals surface area contributed by atoms with Crippen LogP contribution in [-0.4, -0.2) is 26.3 Å². The average molecular weight is 277 g/mol. The molecule has 0 amide bonds. The lowest BCUT2D eigenvalue weighted by Gasteiger charge is -2.30. The Morgan fingerprint density at radius 2 is 1.85 bits per heavy atom. The van der Waals surface area contributed by atoms with Crippen LogP contribution in [-0.2, 0) is 0 Å². The van der Waals surface area contributed by atoms with E-state index in [0.717, 1.165) is 24.0 Å². The van der Waals surface area contributed by atoms with Crippen molar-refractivity contribution in [1.29, 1.82) is 0 Å². The Balaban J connectivity index is 1.87. The fourth-order valence-corrected chi connectivity index (χ4v) is 3.00. The standard InChI is InChI=1S/C17H27NO2/c1-3-19-15-10-7-11-16(12-15)20-13-17(18-2)14-8-5-4-6-9-14/h7,10-12,14,17-18H,3-6,8-9,13H2,1-2H3. The van der Waals surface area contributed by atoms with Gasteiger partial charge in [0.15, 0.2) is 0 Å². The number of benzene rings is 1. The van der Waals surface area contributed by atoms with Crippen molar-refractivity contribution in [3.8, 4) is 11.5 Å². The van der Waals surface area contributed by atoms with Crippen LogP contribution in [0.15, 0.2) is 24.3 Å². The molecule has 20 heavy (non-hydrogen) atoms. The van der Waals surface area contributed by atoms with Crippen molar-refractivity contribution < 1.29 is 9.47 Å². The second-order valence-electron chi connectivity index (χ2n) is 5.51. The van der Waals surface area contributed by atoms with Crippen molar-refractivity contribution >= 4 is 0 Å². The van der Waals surface area contributed by atoms with Crippen molar-refractivity contribution in [2.24, 2.45) is 5.92 Å². The van der Waals surface area contributed by atoms with Gasteiger partial charge in [0.25, 0.3) is 0 Å². The summed E-state index contributed by atoms with van der Waals surface area (Å²) in [4.78, 5) is 0. The summed E-state index contributed by atoms with van der Waals surface area (Å²) in [5, 5.41) is 3.43. The zero-order valence-corrected chi connectivity index (χ0v) is 12.7. The van der Waals surface area contributed by atoms with Crippen molar-refractivity contribution in [3.63, 3.8) is 0 Å². The molecule has 0 aromatic heterocycles. The third-order valence-corrected chi connectivity index (χ3v) is 4.14. The number of rotatable bonds is 7. The van der Waals surface area contributed by atoms with Gasteiger partial charge in [0.05, 0.1) is 6.61 Å². The first-order valence-corrected chi connectivity index (χ1v) is 7.86. The van der Waals surface area contributed by atoms with Crippen molar-refractivity contribution in [1.82, 2.24) is 5.32 Å². The van der Waals surface area contributed by atoms with Gasteiger partial charge in [0.2, 0.25) is 0 Å². The smallest absolute Gasteiger partial charge is 0.123 e. The molecule has 3 heteroatoms. The maximum atomic E-state index is 5.96. The second kappa shape index (κ2) is 8.15. The Morgan fingerprint density at radius 3 is 2.50 bits per heavy atom. The zero-order chi connectivity index (χ0) is 14.2. The van der Waals surface area contributed by atoms with Crippen LogP contribution in [0.2, 0.25) is 0 Å². The van der Waals surface area contributed by atoms with E-state index < -0.39 is 0 Å². The number of hydrogen-bond acceptors (Lipinski definition) is 3. The normalized spacial score (nSPS) is 17.7. The van der Waals surface area contributed by atoms with Gasteiger partial charge >= 0.3 is 0 Å². The van der Waals surface area contributed by atoms with Crippen LogP contribution in [0, 0.1) is 5.92 Å². The molecule has 1 unspecified atom stereocenters. The lowest BCUT2D eigenvalue weighted by molar-refractivity contribution is 0.192. The first-order chi connectivity index (χ1) is 9.83. The van der Waals surface area contributed by atoms with Gasteiger partial charge in [0, 0.05) is 12.1 Å². The first kappa shape index (κ1) is 15.2. The third kappa shape index (κ3) is 4.41. The maximum absolute atomic E-state index is 5.96. The van der Waals surface area contributed by atoms with Crippen LogP contribution in [0.25, 0.3) is 0 Å². The summed E-state index contributed by atoms with van der Waals surface area (Å²) in [6.07, 6.45) is 6.78. The molecular formula is C17H27NO2. The Hall–Kier alpha value is -1.22. The van der Waals surface area contributed by atoms with Crippen LogP contribution in [0.3, 0.4) is 0 Å². The van der Waals surface area contributed by atoms with E-state index >= 15 is 0 Å². The molecule has 1 saturated carbocycles. The molecule has 112 valence electrons. The SMILES string of the molecule is CCOc1cccc(OCC(NC)C2CCCCC2)c1. The van der Waals surface area contributed by atoms with E-state index in [1.807, 2.05) is 38.2 Å². The van der Waals surface area contributed by atoms with Gasteiger partial charge < -0.3 is 14.8 Å². The van der Waals surface area contributed by atoms with E-state index in [-0.39, 0.29) is 0 Å². The number of ether oxygens (including phenoxy) is 2. The van der Waals surface area contributed by atoms with Crippen molar-refractivity contribution in [3.05, 3.63) is 24.3 Å². The van der Waals surface area contributed by atoms with E-state index in [1.54, 1.807) is 0 Å². The highest BCUT2D eigenvalue weighted by atomic mass is 16.5. The summed E-state index contributed by atoms with van der Waals surface area (Å²) in [6.45, 7) is 3.41. The summed E-state index contributed by atoms with van der Waals surface area (Å²) in [7, 11) is 2.04. The Kier molecular flexibility index (Phi) is 6.19. The molecule has 1 atom stereocenters. The molecule has 0 bridgehead atoms. The summed E-state index contributed by atoms with van der Waals surface area (Å²) < 4.78 is 11.5. The minimum Gasteiger partial charge on any atom is -0.494 e. The fourth-order valence-electron chi connectivity index (χ4n) is 3.00. The molecule has 0 radical (unpaired) electrons. The minimum absolute atomic E-state index is 0.450. The monoisotopic (exact) mass is 277 g/mol. The van der Waals surface area contributed by atoms with Crippen LogP contribution in [0.1, 0.15) is 39.0 Å². The summed E-state index contributed by atoms with van der Waals surface area (Å²) in [6, 6.07) is 8.36. The molecule has 0 aliphatic heterocycles. The topological polar surface area (TPSA) is 30.5 Å². The van der Waals surface area contributed by atoms with E-state index in [4.69, 9.17) is 9.47 Å². The van der Waals surface area contributed by atoms with E-state index in [0.29, 0.717) is 12.6 Å². The van der Waals surface area contributed by atoms with Crippen molar-refractivity contribution in [2.75, 3.05) is 20.3 Å². The predicted molar refractivity (Wildman–Crippen MR) is 82.5 cm³/mol. The zero-order valence-electron chi connectivity index (χ0n) is 12.7. The fraction of sp³-hybridized carbons (Fsp3) is 0.647. The lowest BCUT2D eigenvalue weighted by Crippen LogP contribution is -2.39. The van der Waals surface area contributed by atoms with Crippen LogP contribution >= 0.6 is 0 Å². The van der Waals surface area contributed by atoms with Crippen LogP contribution < -0.4 is 14.8 Å². The van der Waals surface area contributed by atoms with Gasteiger partial charge in [-0.05, 0) is 44.9 Å². The predicted octanol–water partition coefficient (Wildman–Crippen LogP) is 3.63. The van der Waals surface area contributed by atoms with Crippen LogP contribution in [0.5, 0.6) is 11.5 Å². The molecule has 1 aromatic rings. The van der Waals surface area contributed by atoms with Gasteiger partial charge in [-0.25, -0.2) is 0 Å². The number of likely N-dealkylation sites (N-methyl/N-ethyl adjacent to an activating group) is 1. The molecule has 1 aromatic carbocycles. The highest BCUT2D eigenvalue weighted by Crippen LogP contribution is 2.27. The van der Waals surface area contributed by atoms with Gasteiger partial charge in [-0.2, -0.15) is 0 Å². The second-order valence-corrected chi connectivity index (χ2v) is 5.51. The highest BCUT2D eigenvalue weighted by molar-refractivity contribution is 5.32. The lowest BCUT2D eigenvalue weighted by atomic mass is 9.84. The van der Waals surface area contributed by atoms with E-state index in [2.05, 4.69) is 5.32 Å². The van der Waals surface area contributed by atoms with E-state index in [9.17, 15) is 0 Å². The van der Waals surface area contributed by atoms with Gasteiger partial charge in [-0.15, -0.1) is 0 Å². The summed E-state index contributed by atoms with van der Waals surface area (Å²) in [5.74, 6) is 2.53. The highest BCUT2D eigenvalue weighted by Gasteiger charge is 2.22. The molecule has 1 fully saturated rings. The molecule has 1 N–H and O–H groups in total. The van der Waals surface area contributed by atoms with Gasteiger partial charge in [0.1, 0.15) is 18.1 Å². The molecule has 3 nitrogen and oxygen atoms in total. The Bertz CT molecular complexity index is 388. The van der Waals surface area contributed by atoms with Gasteiger partial charge in [-0.1, -0.05) is 25.3 Å². The van der Waals surface area contributed by atoms with Gasteiger partial charge in [-0.3, -0.25) is 0 Å². The molecule has 1 aliphatic carbocycles. The molecule has 0 spiro atoms. The Morgan fingerprint density at radius 1 is 1.15 bits per heavy atom.